The number of hydrogen-bond acceptors (Lipinski definition) is 3. The second kappa shape index (κ2) is 6.07. The topological polar surface area (TPSA) is 47.3 Å². The van der Waals surface area contributed by atoms with E-state index in [1.165, 1.54) is 0 Å². The van der Waals surface area contributed by atoms with Crippen LogP contribution in [0.2, 0.25) is 5.02 Å². The number of nitrogens with two attached hydrogens (primary N) is 1. The highest BCUT2D eigenvalue weighted by Gasteiger charge is 2.10. The molecule has 0 amide bonds. The normalized spacial score (nSPS) is 12.0. The van der Waals surface area contributed by atoms with Crippen LogP contribution < -0.4 is 15.8 Å². The third-order valence-corrected chi connectivity index (χ3v) is 2.96. The van der Waals surface area contributed by atoms with Crippen molar-refractivity contribution in [2.75, 3.05) is 12.4 Å². The summed E-state index contributed by atoms with van der Waals surface area (Å²) in [5.74, 6) is 0.718. The van der Waals surface area contributed by atoms with Gasteiger partial charge in [0.05, 0.1) is 17.8 Å². The van der Waals surface area contributed by atoms with Crippen LogP contribution in [0.5, 0.6) is 5.75 Å². The molecular formula is C12H17ClN2OS. The summed E-state index contributed by atoms with van der Waals surface area (Å²) in [5, 5.41) is 4.00. The van der Waals surface area contributed by atoms with Crippen molar-refractivity contribution in [1.82, 2.24) is 0 Å². The molecule has 3 N–H and O–H groups in total. The summed E-state index contributed by atoms with van der Waals surface area (Å²) in [6.45, 7) is 3.97. The molecule has 0 fully saturated rings. The highest BCUT2D eigenvalue weighted by molar-refractivity contribution is 7.80. The number of anilines is 1. The maximum Gasteiger partial charge on any atom is 0.143 e. The van der Waals surface area contributed by atoms with E-state index in [0.29, 0.717) is 16.4 Å². The van der Waals surface area contributed by atoms with Crippen LogP contribution in [-0.2, 0) is 0 Å². The van der Waals surface area contributed by atoms with Gasteiger partial charge in [-0.3, -0.25) is 0 Å². The standard InChI is InChI=1S/C12H17ClN2OS/c1-7-4-10(11(16-3)6-9(7)13)15-8(2)5-12(14)17/h4,6,8,15H,5H2,1-3H3,(H2,14,17). The van der Waals surface area contributed by atoms with E-state index in [1.807, 2.05) is 19.9 Å². The van der Waals surface area contributed by atoms with Gasteiger partial charge in [0.15, 0.2) is 0 Å². The number of nitrogens with one attached hydrogen (secondary N) is 1. The van der Waals surface area contributed by atoms with Gasteiger partial charge < -0.3 is 15.8 Å². The van der Waals surface area contributed by atoms with Crippen LogP contribution in [0.3, 0.4) is 0 Å². The zero-order valence-electron chi connectivity index (χ0n) is 10.2. The first kappa shape index (κ1) is 14.1. The minimum absolute atomic E-state index is 0.155. The van der Waals surface area contributed by atoms with E-state index in [1.54, 1.807) is 13.2 Å². The lowest BCUT2D eigenvalue weighted by Gasteiger charge is -2.18. The fourth-order valence-electron chi connectivity index (χ4n) is 1.56. The molecule has 0 aliphatic carbocycles. The third-order valence-electron chi connectivity index (χ3n) is 2.39. The van der Waals surface area contributed by atoms with E-state index in [9.17, 15) is 0 Å². The molecule has 0 radical (unpaired) electrons. The van der Waals surface area contributed by atoms with Crippen molar-refractivity contribution >= 4 is 34.5 Å². The summed E-state index contributed by atoms with van der Waals surface area (Å²) in [4.78, 5) is 0.495. The minimum Gasteiger partial charge on any atom is -0.495 e. The Labute approximate surface area is 112 Å². The Balaban J connectivity index is 2.89. The molecule has 0 saturated heterocycles. The Morgan fingerprint density at radius 3 is 2.76 bits per heavy atom. The van der Waals surface area contributed by atoms with E-state index in [0.717, 1.165) is 17.0 Å². The summed E-state index contributed by atoms with van der Waals surface area (Å²) >= 11 is 10.9. The molecule has 1 atom stereocenters. The van der Waals surface area contributed by atoms with Gasteiger partial charge in [-0.05, 0) is 25.5 Å². The molecule has 0 heterocycles. The summed E-state index contributed by atoms with van der Waals surface area (Å²) < 4.78 is 5.28. The van der Waals surface area contributed by atoms with E-state index < -0.39 is 0 Å². The lowest BCUT2D eigenvalue weighted by atomic mass is 10.1. The van der Waals surface area contributed by atoms with Crippen LogP contribution in [0, 0.1) is 6.92 Å². The van der Waals surface area contributed by atoms with Crippen molar-refractivity contribution in [2.45, 2.75) is 26.3 Å². The molecule has 1 aromatic carbocycles. The Kier molecular flexibility index (Phi) is 5.02. The minimum atomic E-state index is 0.155. The van der Waals surface area contributed by atoms with Gasteiger partial charge in [-0.2, -0.15) is 0 Å². The zero-order valence-corrected chi connectivity index (χ0v) is 11.8. The molecule has 0 spiro atoms. The molecule has 17 heavy (non-hydrogen) atoms. The van der Waals surface area contributed by atoms with E-state index in [4.69, 9.17) is 34.3 Å². The number of hydrogen-bond donors (Lipinski definition) is 2. The van der Waals surface area contributed by atoms with E-state index in [2.05, 4.69) is 5.32 Å². The van der Waals surface area contributed by atoms with E-state index in [-0.39, 0.29) is 6.04 Å². The van der Waals surface area contributed by atoms with Crippen LogP contribution in [0.1, 0.15) is 18.9 Å². The second-order valence-electron chi connectivity index (χ2n) is 4.02. The predicted octanol–water partition coefficient (Wildman–Crippen LogP) is 3.13. The summed E-state index contributed by atoms with van der Waals surface area (Å²) in [7, 11) is 1.62. The summed E-state index contributed by atoms with van der Waals surface area (Å²) in [5.41, 5.74) is 7.41. The van der Waals surface area contributed by atoms with Gasteiger partial charge in [0, 0.05) is 23.6 Å². The average Bonchev–Trinajstić information content (AvgIpc) is 2.21. The molecule has 94 valence electrons. The van der Waals surface area contributed by atoms with Crippen molar-refractivity contribution in [2.24, 2.45) is 5.73 Å². The van der Waals surface area contributed by atoms with Crippen LogP contribution in [0.15, 0.2) is 12.1 Å². The fraction of sp³-hybridized carbons (Fsp3) is 0.417. The molecule has 0 saturated carbocycles. The Bertz CT molecular complexity index is 423. The molecule has 0 aliphatic heterocycles. The van der Waals surface area contributed by atoms with Gasteiger partial charge in [-0.15, -0.1) is 0 Å². The summed E-state index contributed by atoms with van der Waals surface area (Å²) in [6, 6.07) is 3.91. The van der Waals surface area contributed by atoms with Crippen molar-refractivity contribution < 1.29 is 4.74 Å². The number of halogens is 1. The lowest BCUT2D eigenvalue weighted by molar-refractivity contribution is 0.416. The molecule has 3 nitrogen and oxygen atoms in total. The van der Waals surface area contributed by atoms with Crippen LogP contribution in [0.25, 0.3) is 0 Å². The van der Waals surface area contributed by atoms with Crippen molar-refractivity contribution in [3.05, 3.63) is 22.7 Å². The number of ether oxygens (including phenoxy) is 1. The maximum atomic E-state index is 6.04. The van der Waals surface area contributed by atoms with Gasteiger partial charge in [0.25, 0.3) is 0 Å². The molecule has 5 heteroatoms. The Morgan fingerprint density at radius 1 is 1.59 bits per heavy atom. The number of rotatable bonds is 5. The van der Waals surface area contributed by atoms with E-state index >= 15 is 0 Å². The van der Waals surface area contributed by atoms with Gasteiger partial charge in [-0.25, -0.2) is 0 Å². The SMILES string of the molecule is COc1cc(Cl)c(C)cc1NC(C)CC(N)=S. The monoisotopic (exact) mass is 272 g/mol. The highest BCUT2D eigenvalue weighted by Crippen LogP contribution is 2.31. The molecule has 0 bridgehead atoms. The third kappa shape index (κ3) is 4.06. The lowest BCUT2D eigenvalue weighted by Crippen LogP contribution is -2.23. The van der Waals surface area contributed by atoms with Crippen LogP contribution in [0.4, 0.5) is 5.69 Å². The van der Waals surface area contributed by atoms with Gasteiger partial charge >= 0.3 is 0 Å². The molecule has 0 aliphatic rings. The Hall–Kier alpha value is -1.00. The van der Waals surface area contributed by atoms with Gasteiger partial charge in [-0.1, -0.05) is 23.8 Å². The highest BCUT2D eigenvalue weighted by atomic mass is 35.5. The Morgan fingerprint density at radius 2 is 2.24 bits per heavy atom. The molecule has 1 aromatic rings. The first-order valence-corrected chi connectivity index (χ1v) is 6.11. The van der Waals surface area contributed by atoms with Crippen molar-refractivity contribution in [3.8, 4) is 5.75 Å². The van der Waals surface area contributed by atoms with Gasteiger partial charge in [0.2, 0.25) is 0 Å². The first-order valence-electron chi connectivity index (χ1n) is 5.33. The first-order chi connectivity index (χ1) is 7.93. The molecule has 1 rings (SSSR count). The number of benzene rings is 1. The molecular weight excluding hydrogens is 256 g/mol. The van der Waals surface area contributed by atoms with Crippen LogP contribution >= 0.6 is 23.8 Å². The number of methoxy groups -OCH3 is 1. The smallest absolute Gasteiger partial charge is 0.143 e. The predicted molar refractivity (Wildman–Crippen MR) is 77.2 cm³/mol. The average molecular weight is 273 g/mol. The van der Waals surface area contributed by atoms with Gasteiger partial charge in [0.1, 0.15) is 5.75 Å². The second-order valence-corrected chi connectivity index (χ2v) is 4.95. The molecule has 0 aromatic heterocycles. The number of aryl methyl sites for hydroxylation is 1. The zero-order chi connectivity index (χ0) is 13.0. The fourth-order valence-corrected chi connectivity index (χ4v) is 1.97. The van der Waals surface area contributed by atoms with Crippen molar-refractivity contribution in [1.29, 1.82) is 0 Å². The maximum absolute atomic E-state index is 6.04. The largest absolute Gasteiger partial charge is 0.495 e. The summed E-state index contributed by atoms with van der Waals surface area (Å²) in [6.07, 6.45) is 0.639. The van der Waals surface area contributed by atoms with Crippen LogP contribution in [-0.4, -0.2) is 18.1 Å². The molecule has 1 unspecified atom stereocenters. The van der Waals surface area contributed by atoms with Crippen molar-refractivity contribution in [3.63, 3.8) is 0 Å². The quantitative estimate of drug-likeness (QED) is 0.809. The number of thiocarbonyl (C=S) groups is 1.